The van der Waals surface area contributed by atoms with Crippen LogP contribution in [0.2, 0.25) is 0 Å². The normalized spacial score (nSPS) is 12.9. The largest absolute Gasteiger partial charge is 0.493 e. The summed E-state index contributed by atoms with van der Waals surface area (Å²) in [5.41, 5.74) is 1.50. The van der Waals surface area contributed by atoms with E-state index < -0.39 is 18.0 Å². The van der Waals surface area contributed by atoms with Crippen LogP contribution in [0.25, 0.3) is 0 Å². The minimum atomic E-state index is -1.24. The summed E-state index contributed by atoms with van der Waals surface area (Å²) in [6.07, 6.45) is -1.24. The van der Waals surface area contributed by atoms with Crippen LogP contribution in [0.1, 0.15) is 39.3 Å². The van der Waals surface area contributed by atoms with E-state index in [1.807, 2.05) is 0 Å². The van der Waals surface area contributed by atoms with Crippen LogP contribution in [0.3, 0.4) is 0 Å². The van der Waals surface area contributed by atoms with E-state index in [4.69, 9.17) is 18.9 Å². The van der Waals surface area contributed by atoms with E-state index in [0.717, 1.165) is 0 Å². The number of Topliss-reactive ketones (excluding diaryl/α,β-unsaturated/α-hetero) is 1. The van der Waals surface area contributed by atoms with Crippen LogP contribution in [0.15, 0.2) is 66.7 Å². The molecule has 0 saturated heterocycles. The van der Waals surface area contributed by atoms with Crippen LogP contribution in [0, 0.1) is 0 Å². The molecule has 8 heteroatoms. The van der Waals surface area contributed by atoms with Crippen molar-refractivity contribution in [1.29, 1.82) is 0 Å². The van der Waals surface area contributed by atoms with Crippen molar-refractivity contribution in [2.75, 3.05) is 25.6 Å². The molecule has 0 spiro atoms. The molecule has 34 heavy (non-hydrogen) atoms. The van der Waals surface area contributed by atoms with Gasteiger partial charge in [0.1, 0.15) is 13.2 Å². The van der Waals surface area contributed by atoms with Crippen LogP contribution < -0.4 is 19.5 Å². The first-order chi connectivity index (χ1) is 16.5. The molecule has 1 N–H and O–H groups in total. The maximum Gasteiger partial charge on any atom is 0.339 e. The third-order valence-corrected chi connectivity index (χ3v) is 5.17. The van der Waals surface area contributed by atoms with Crippen molar-refractivity contribution in [2.45, 2.75) is 13.0 Å². The van der Waals surface area contributed by atoms with Crippen molar-refractivity contribution in [1.82, 2.24) is 0 Å². The number of hydrogen-bond donors (Lipinski definition) is 1. The lowest BCUT2D eigenvalue weighted by Crippen LogP contribution is -2.26. The number of anilines is 1. The number of esters is 1. The fourth-order valence-corrected chi connectivity index (χ4v) is 3.49. The first-order valence-corrected chi connectivity index (χ1v) is 10.6. The molecule has 174 valence electrons. The van der Waals surface area contributed by atoms with Gasteiger partial charge in [-0.1, -0.05) is 42.5 Å². The van der Waals surface area contributed by atoms with Gasteiger partial charge in [0, 0.05) is 16.8 Å². The van der Waals surface area contributed by atoms with E-state index in [-0.39, 0.29) is 11.3 Å². The summed E-state index contributed by atoms with van der Waals surface area (Å²) in [4.78, 5) is 37.9. The van der Waals surface area contributed by atoms with Crippen LogP contribution in [0.4, 0.5) is 5.69 Å². The third-order valence-electron chi connectivity index (χ3n) is 5.17. The SMILES string of the molecule is COc1cc(C(=O)OC(C(=O)Nc2cccc(C(C)=O)c2)c2ccccc2)cc2c1OCCO2. The van der Waals surface area contributed by atoms with Gasteiger partial charge in [-0.3, -0.25) is 9.59 Å². The number of hydrogen-bond acceptors (Lipinski definition) is 7. The fourth-order valence-electron chi connectivity index (χ4n) is 3.49. The highest BCUT2D eigenvalue weighted by molar-refractivity contribution is 6.00. The van der Waals surface area contributed by atoms with E-state index >= 15 is 0 Å². The molecule has 1 aliphatic heterocycles. The van der Waals surface area contributed by atoms with E-state index in [9.17, 15) is 14.4 Å². The summed E-state index contributed by atoms with van der Waals surface area (Å²) in [6, 6.07) is 18.2. The number of benzene rings is 3. The summed E-state index contributed by atoms with van der Waals surface area (Å²) in [7, 11) is 1.46. The Morgan fingerprint density at radius 1 is 0.912 bits per heavy atom. The number of nitrogens with one attached hydrogen (secondary N) is 1. The average Bonchev–Trinajstić information content (AvgIpc) is 2.87. The molecule has 1 unspecified atom stereocenters. The minimum absolute atomic E-state index is 0.130. The number of carbonyl (C=O) groups excluding carboxylic acids is 3. The number of amides is 1. The summed E-state index contributed by atoms with van der Waals surface area (Å²) < 4.78 is 22.1. The number of fused-ring (bicyclic) bond motifs is 1. The highest BCUT2D eigenvalue weighted by Crippen LogP contribution is 2.40. The zero-order valence-electron chi connectivity index (χ0n) is 18.7. The Morgan fingerprint density at radius 2 is 1.68 bits per heavy atom. The topological polar surface area (TPSA) is 100 Å². The molecule has 0 radical (unpaired) electrons. The molecule has 0 saturated carbocycles. The van der Waals surface area contributed by atoms with Crippen molar-refractivity contribution in [3.05, 3.63) is 83.4 Å². The third kappa shape index (κ3) is 5.01. The summed E-state index contributed by atoms with van der Waals surface area (Å²) >= 11 is 0. The van der Waals surface area contributed by atoms with Crippen molar-refractivity contribution < 1.29 is 33.3 Å². The molecule has 1 heterocycles. The first-order valence-electron chi connectivity index (χ1n) is 10.6. The van der Waals surface area contributed by atoms with Crippen molar-refractivity contribution in [3.63, 3.8) is 0 Å². The Balaban J connectivity index is 1.61. The zero-order chi connectivity index (χ0) is 24.1. The Morgan fingerprint density at radius 3 is 2.41 bits per heavy atom. The van der Waals surface area contributed by atoms with Gasteiger partial charge in [-0.25, -0.2) is 4.79 Å². The van der Waals surface area contributed by atoms with Crippen molar-refractivity contribution >= 4 is 23.3 Å². The molecule has 3 aromatic rings. The molecular weight excluding hydrogens is 438 g/mol. The quantitative estimate of drug-likeness (QED) is 0.416. The minimum Gasteiger partial charge on any atom is -0.493 e. The molecule has 3 aromatic carbocycles. The van der Waals surface area contributed by atoms with Crippen molar-refractivity contribution in [2.24, 2.45) is 0 Å². The van der Waals surface area contributed by atoms with Crippen molar-refractivity contribution in [3.8, 4) is 17.2 Å². The molecule has 0 aliphatic carbocycles. The molecule has 1 aliphatic rings. The van der Waals surface area contributed by atoms with E-state index in [0.29, 0.717) is 47.3 Å². The van der Waals surface area contributed by atoms with Gasteiger partial charge in [-0.05, 0) is 31.2 Å². The zero-order valence-corrected chi connectivity index (χ0v) is 18.7. The highest BCUT2D eigenvalue weighted by atomic mass is 16.6. The summed E-state index contributed by atoms with van der Waals surface area (Å²) in [5.74, 6) is -0.338. The molecule has 4 rings (SSSR count). The second-order valence-corrected chi connectivity index (χ2v) is 7.52. The number of ketones is 1. The number of ether oxygens (including phenoxy) is 4. The lowest BCUT2D eigenvalue weighted by atomic mass is 10.1. The second kappa shape index (κ2) is 10.1. The fraction of sp³-hybridized carbons (Fsp3) is 0.192. The predicted molar refractivity (Wildman–Crippen MR) is 124 cm³/mol. The van der Waals surface area contributed by atoms with Gasteiger partial charge >= 0.3 is 5.97 Å². The van der Waals surface area contributed by atoms with Gasteiger partial charge in [-0.15, -0.1) is 0 Å². The molecule has 1 atom stereocenters. The Hall–Kier alpha value is -4.33. The average molecular weight is 461 g/mol. The maximum atomic E-state index is 13.2. The molecule has 0 fully saturated rings. The number of rotatable bonds is 7. The summed E-state index contributed by atoms with van der Waals surface area (Å²) in [5, 5.41) is 2.73. The Bertz CT molecular complexity index is 1210. The molecule has 0 aromatic heterocycles. The molecular formula is C26H23NO7. The first kappa shape index (κ1) is 22.8. The van der Waals surface area contributed by atoms with Crippen LogP contribution in [0.5, 0.6) is 17.2 Å². The van der Waals surface area contributed by atoms with Gasteiger partial charge in [0.05, 0.1) is 12.7 Å². The Kier molecular flexibility index (Phi) is 6.77. The van der Waals surface area contributed by atoms with E-state index in [2.05, 4.69) is 5.32 Å². The van der Waals surface area contributed by atoms with Gasteiger partial charge in [-0.2, -0.15) is 0 Å². The Labute approximate surface area is 196 Å². The number of methoxy groups -OCH3 is 1. The second-order valence-electron chi connectivity index (χ2n) is 7.52. The van der Waals surface area contributed by atoms with Crippen LogP contribution in [-0.4, -0.2) is 38.0 Å². The van der Waals surface area contributed by atoms with Gasteiger partial charge in [0.25, 0.3) is 5.91 Å². The standard InChI is InChI=1S/C26H23NO7/c1-16(28)18-9-6-10-20(13-18)27-25(29)23(17-7-4-3-5-8-17)34-26(30)19-14-21(31-2)24-22(15-19)32-11-12-33-24/h3-10,13-15,23H,11-12H2,1-2H3,(H,27,29). The molecule has 0 bridgehead atoms. The van der Waals surface area contributed by atoms with Gasteiger partial charge in [0.2, 0.25) is 11.9 Å². The maximum absolute atomic E-state index is 13.2. The monoisotopic (exact) mass is 461 g/mol. The molecule has 8 nitrogen and oxygen atoms in total. The lowest BCUT2D eigenvalue weighted by Gasteiger charge is -2.22. The molecule has 1 amide bonds. The predicted octanol–water partition coefficient (Wildman–Crippen LogP) is 4.21. The van der Waals surface area contributed by atoms with E-state index in [1.165, 1.54) is 26.2 Å². The van der Waals surface area contributed by atoms with Gasteiger partial charge < -0.3 is 24.3 Å². The summed E-state index contributed by atoms with van der Waals surface area (Å²) in [6.45, 7) is 2.15. The smallest absolute Gasteiger partial charge is 0.339 e. The number of carbonyl (C=O) groups is 3. The van der Waals surface area contributed by atoms with Gasteiger partial charge in [0.15, 0.2) is 17.3 Å². The highest BCUT2D eigenvalue weighted by Gasteiger charge is 2.28. The van der Waals surface area contributed by atoms with Crippen LogP contribution in [-0.2, 0) is 9.53 Å². The van der Waals surface area contributed by atoms with E-state index in [1.54, 1.807) is 54.6 Å². The lowest BCUT2D eigenvalue weighted by molar-refractivity contribution is -0.125. The van der Waals surface area contributed by atoms with Crippen LogP contribution >= 0.6 is 0 Å².